The molecule has 0 amide bonds. The van der Waals surface area contributed by atoms with Gasteiger partial charge in [0.1, 0.15) is 0 Å². The average Bonchev–Trinajstić information content (AvgIpc) is 2.67. The van der Waals surface area contributed by atoms with Crippen LogP contribution in [0.2, 0.25) is 0 Å². The molecule has 1 aliphatic carbocycles. The van der Waals surface area contributed by atoms with E-state index in [0.717, 1.165) is 12.1 Å². The van der Waals surface area contributed by atoms with Crippen molar-refractivity contribution in [1.82, 2.24) is 0 Å². The first-order valence-electron chi connectivity index (χ1n) is 8.90. The predicted octanol–water partition coefficient (Wildman–Crippen LogP) is 4.98. The van der Waals surface area contributed by atoms with Crippen molar-refractivity contribution >= 4 is 24.1 Å². The van der Waals surface area contributed by atoms with E-state index in [2.05, 4.69) is 17.9 Å². The highest BCUT2D eigenvalue weighted by Gasteiger charge is 2.31. The summed E-state index contributed by atoms with van der Waals surface area (Å²) in [6, 6.07) is 10.8. The summed E-state index contributed by atoms with van der Waals surface area (Å²) in [5, 5.41) is 12.0. The number of carbonyl (C=O) groups is 1. The zero-order valence-electron chi connectivity index (χ0n) is 15.3. The molecule has 4 nitrogen and oxygen atoms in total. The second-order valence-corrected chi connectivity index (χ2v) is 7.22. The van der Waals surface area contributed by atoms with E-state index < -0.39 is 17.8 Å². The number of hydrogen-bond acceptors (Lipinski definition) is 5. The fourth-order valence-corrected chi connectivity index (χ4v) is 3.69. The fourth-order valence-electron chi connectivity index (χ4n) is 3.33. The van der Waals surface area contributed by atoms with Gasteiger partial charge >= 0.3 is 6.18 Å². The normalized spacial score (nSPS) is 15.8. The van der Waals surface area contributed by atoms with E-state index in [1.165, 1.54) is 12.1 Å². The van der Waals surface area contributed by atoms with E-state index in [4.69, 9.17) is 11.0 Å². The highest BCUT2D eigenvalue weighted by molar-refractivity contribution is 7.80. The van der Waals surface area contributed by atoms with Crippen molar-refractivity contribution in [3.63, 3.8) is 0 Å². The molecule has 2 aromatic carbocycles. The first-order chi connectivity index (χ1) is 13.7. The van der Waals surface area contributed by atoms with Crippen LogP contribution in [0.25, 0.3) is 0 Å². The number of Topliss-reactive ketones (excluding diaryl/α,β-unsaturated/α-hetero) is 1. The number of nitrogens with two attached hydrogens (primary N) is 1. The van der Waals surface area contributed by atoms with Crippen LogP contribution in [-0.2, 0) is 11.0 Å². The third-order valence-corrected chi connectivity index (χ3v) is 5.13. The molecule has 2 aromatic rings. The Morgan fingerprint density at radius 3 is 2.59 bits per heavy atom. The van der Waals surface area contributed by atoms with Crippen molar-refractivity contribution in [2.24, 2.45) is 5.73 Å². The molecule has 1 atom stereocenters. The van der Waals surface area contributed by atoms with Crippen LogP contribution in [-0.4, -0.2) is 5.78 Å². The SMILES string of the molecule is N#Cc1ccc(C(N)C2=C(Nc3cccc(C(F)(F)F)c3)CCCC2=O)c(S)c1. The highest BCUT2D eigenvalue weighted by atomic mass is 32.1. The fraction of sp³-hybridized carbons (Fsp3) is 0.238. The number of carbonyl (C=O) groups excluding carboxylic acids is 1. The molecule has 3 N–H and O–H groups in total. The van der Waals surface area contributed by atoms with Crippen LogP contribution in [0, 0.1) is 11.3 Å². The van der Waals surface area contributed by atoms with Crippen LogP contribution >= 0.6 is 12.6 Å². The third kappa shape index (κ3) is 4.63. The Hall–Kier alpha value is -2.76. The molecule has 8 heteroatoms. The van der Waals surface area contributed by atoms with Gasteiger partial charge in [0.25, 0.3) is 0 Å². The maximum absolute atomic E-state index is 13.0. The summed E-state index contributed by atoms with van der Waals surface area (Å²) >= 11 is 4.37. The number of nitriles is 1. The molecule has 0 heterocycles. The monoisotopic (exact) mass is 417 g/mol. The summed E-state index contributed by atoms with van der Waals surface area (Å²) in [5.41, 5.74) is 7.64. The molecule has 0 bridgehead atoms. The minimum atomic E-state index is -4.46. The Morgan fingerprint density at radius 2 is 1.93 bits per heavy atom. The van der Waals surface area contributed by atoms with E-state index in [0.29, 0.717) is 46.6 Å². The number of allylic oxidation sites excluding steroid dienone is 1. The minimum absolute atomic E-state index is 0.157. The van der Waals surface area contributed by atoms with Crippen molar-refractivity contribution in [3.05, 3.63) is 70.4 Å². The van der Waals surface area contributed by atoms with E-state index in [-0.39, 0.29) is 11.5 Å². The molecule has 29 heavy (non-hydrogen) atoms. The number of hydrogen-bond donors (Lipinski definition) is 3. The lowest BCUT2D eigenvalue weighted by molar-refractivity contribution is -0.137. The van der Waals surface area contributed by atoms with Crippen molar-refractivity contribution in [1.29, 1.82) is 5.26 Å². The molecule has 0 radical (unpaired) electrons. The number of anilines is 1. The van der Waals surface area contributed by atoms with Gasteiger partial charge in [0.05, 0.1) is 23.2 Å². The zero-order valence-corrected chi connectivity index (χ0v) is 16.1. The van der Waals surface area contributed by atoms with E-state index >= 15 is 0 Å². The largest absolute Gasteiger partial charge is 0.416 e. The topological polar surface area (TPSA) is 78.9 Å². The van der Waals surface area contributed by atoms with Gasteiger partial charge in [-0.15, -0.1) is 12.6 Å². The minimum Gasteiger partial charge on any atom is -0.358 e. The van der Waals surface area contributed by atoms with Gasteiger partial charge in [-0.05, 0) is 48.7 Å². The van der Waals surface area contributed by atoms with Crippen LogP contribution in [0.1, 0.15) is 42.0 Å². The Kier molecular flexibility index (Phi) is 6.01. The quantitative estimate of drug-likeness (QED) is 0.613. The molecule has 1 aliphatic rings. The lowest BCUT2D eigenvalue weighted by Crippen LogP contribution is -2.26. The molecule has 0 aliphatic heterocycles. The molecule has 0 aromatic heterocycles. The lowest BCUT2D eigenvalue weighted by Gasteiger charge is -2.26. The molecular formula is C21H18F3N3OS. The third-order valence-electron chi connectivity index (χ3n) is 4.75. The summed E-state index contributed by atoms with van der Waals surface area (Å²) < 4.78 is 39.0. The van der Waals surface area contributed by atoms with E-state index in [1.807, 2.05) is 6.07 Å². The number of rotatable bonds is 4. The Labute approximate surface area is 171 Å². The molecule has 1 unspecified atom stereocenters. The van der Waals surface area contributed by atoms with Crippen molar-refractivity contribution < 1.29 is 18.0 Å². The summed E-state index contributed by atoms with van der Waals surface area (Å²) in [6.07, 6.45) is -3.08. The van der Waals surface area contributed by atoms with Crippen LogP contribution in [0.3, 0.4) is 0 Å². The number of halogens is 3. The van der Waals surface area contributed by atoms with Crippen LogP contribution < -0.4 is 11.1 Å². The maximum Gasteiger partial charge on any atom is 0.416 e. The molecule has 0 saturated heterocycles. The second kappa shape index (κ2) is 8.31. The van der Waals surface area contributed by atoms with Gasteiger partial charge in [0.15, 0.2) is 5.78 Å². The first-order valence-corrected chi connectivity index (χ1v) is 9.34. The standard InChI is InChI=1S/C21H18F3N3OS/c22-21(23,24)13-3-1-4-14(10-13)27-16-5-2-6-17(28)19(16)20(26)15-8-7-12(11-25)9-18(15)29/h1,3-4,7-10,20,27,29H,2,5-6,26H2. The Balaban J connectivity index is 2.00. The average molecular weight is 417 g/mol. The number of alkyl halides is 3. The van der Waals surface area contributed by atoms with E-state index in [9.17, 15) is 18.0 Å². The van der Waals surface area contributed by atoms with Crippen molar-refractivity contribution in [2.75, 3.05) is 5.32 Å². The van der Waals surface area contributed by atoms with Crippen LogP contribution in [0.4, 0.5) is 18.9 Å². The van der Waals surface area contributed by atoms with Gasteiger partial charge in [-0.3, -0.25) is 4.79 Å². The number of thiol groups is 1. The molecule has 0 spiro atoms. The Morgan fingerprint density at radius 1 is 1.17 bits per heavy atom. The van der Waals surface area contributed by atoms with Gasteiger partial charge in [-0.25, -0.2) is 0 Å². The first kappa shape index (κ1) is 21.0. The summed E-state index contributed by atoms with van der Waals surface area (Å²) in [4.78, 5) is 13.1. The second-order valence-electron chi connectivity index (χ2n) is 6.74. The molecule has 150 valence electrons. The lowest BCUT2D eigenvalue weighted by atomic mass is 9.86. The predicted molar refractivity (Wildman–Crippen MR) is 106 cm³/mol. The zero-order chi connectivity index (χ0) is 21.2. The summed E-state index contributed by atoms with van der Waals surface area (Å²) in [5.74, 6) is -0.157. The number of ketones is 1. The van der Waals surface area contributed by atoms with E-state index in [1.54, 1.807) is 18.2 Å². The van der Waals surface area contributed by atoms with Gasteiger partial charge in [-0.1, -0.05) is 12.1 Å². The van der Waals surface area contributed by atoms with Crippen molar-refractivity contribution in [2.45, 2.75) is 36.4 Å². The van der Waals surface area contributed by atoms with Gasteiger partial charge in [-0.2, -0.15) is 18.4 Å². The number of nitrogens with one attached hydrogen (secondary N) is 1. The summed E-state index contributed by atoms with van der Waals surface area (Å²) in [7, 11) is 0. The number of benzene rings is 2. The number of nitrogens with zero attached hydrogens (tertiary/aromatic N) is 1. The molecule has 0 fully saturated rings. The van der Waals surface area contributed by atoms with Gasteiger partial charge in [0.2, 0.25) is 0 Å². The molecular weight excluding hydrogens is 399 g/mol. The molecule has 0 saturated carbocycles. The maximum atomic E-state index is 13.0. The highest BCUT2D eigenvalue weighted by Crippen LogP contribution is 2.35. The van der Waals surface area contributed by atoms with Gasteiger partial charge in [0, 0.05) is 28.3 Å². The smallest absolute Gasteiger partial charge is 0.358 e. The van der Waals surface area contributed by atoms with Crippen molar-refractivity contribution in [3.8, 4) is 6.07 Å². The summed E-state index contributed by atoms with van der Waals surface area (Å²) in [6.45, 7) is 0. The van der Waals surface area contributed by atoms with Crippen LogP contribution in [0.15, 0.2) is 58.6 Å². The molecule has 3 rings (SSSR count). The van der Waals surface area contributed by atoms with Gasteiger partial charge < -0.3 is 11.1 Å². The van der Waals surface area contributed by atoms with Crippen LogP contribution in [0.5, 0.6) is 0 Å². The Bertz CT molecular complexity index is 1020.